The minimum absolute atomic E-state index is 0.0876. The van der Waals surface area contributed by atoms with Crippen LogP contribution < -0.4 is 10.1 Å². The summed E-state index contributed by atoms with van der Waals surface area (Å²) in [5.41, 5.74) is 1.34. The number of halogens is 1. The summed E-state index contributed by atoms with van der Waals surface area (Å²) in [4.78, 5) is 28.6. The van der Waals surface area contributed by atoms with E-state index in [1.165, 1.54) is 23.3 Å². The zero-order chi connectivity index (χ0) is 23.2. The molecule has 1 N–H and O–H groups in total. The maximum Gasteiger partial charge on any atom is 0.290 e. The van der Waals surface area contributed by atoms with Crippen LogP contribution in [0.25, 0.3) is 0 Å². The fourth-order valence-electron chi connectivity index (χ4n) is 4.22. The van der Waals surface area contributed by atoms with E-state index in [0.29, 0.717) is 16.9 Å². The lowest BCUT2D eigenvalue weighted by Crippen LogP contribution is -2.45. The first-order valence-corrected chi connectivity index (χ1v) is 11.1. The fraction of sp³-hybridized carbons (Fsp3) is 0.308. The molecule has 1 saturated carbocycles. The van der Waals surface area contributed by atoms with Crippen molar-refractivity contribution in [2.24, 2.45) is 0 Å². The average Bonchev–Trinajstić information content (AvgIpc) is 3.54. The Labute approximate surface area is 192 Å². The first-order valence-electron chi connectivity index (χ1n) is 11.1. The number of nitrogens with zero attached hydrogens (tertiary/aromatic N) is 1. The number of carbonyl (C=O) groups excluding carboxylic acids is 2. The van der Waals surface area contributed by atoms with Gasteiger partial charge in [0.2, 0.25) is 5.91 Å². The van der Waals surface area contributed by atoms with Crippen molar-refractivity contribution in [3.8, 4) is 5.75 Å². The average molecular weight is 451 g/mol. The van der Waals surface area contributed by atoms with E-state index in [4.69, 9.17) is 9.15 Å². The van der Waals surface area contributed by atoms with Crippen LogP contribution in [0.2, 0.25) is 0 Å². The van der Waals surface area contributed by atoms with Gasteiger partial charge in [0.25, 0.3) is 5.91 Å². The maximum absolute atomic E-state index is 13.6. The third kappa shape index (κ3) is 5.42. The van der Waals surface area contributed by atoms with Gasteiger partial charge in [0.1, 0.15) is 17.6 Å². The molecule has 1 aliphatic rings. The van der Waals surface area contributed by atoms with E-state index in [-0.39, 0.29) is 30.1 Å². The van der Waals surface area contributed by atoms with Crippen molar-refractivity contribution >= 4 is 11.8 Å². The molecule has 4 rings (SSSR count). The van der Waals surface area contributed by atoms with Gasteiger partial charge < -0.3 is 19.4 Å². The van der Waals surface area contributed by atoms with Crippen LogP contribution in [-0.2, 0) is 11.3 Å². The number of nitrogens with one attached hydrogen (secondary N) is 1. The predicted octanol–water partition coefficient (Wildman–Crippen LogP) is 4.87. The molecular weight excluding hydrogens is 423 g/mol. The number of furan rings is 1. The van der Waals surface area contributed by atoms with E-state index >= 15 is 0 Å². The molecule has 1 heterocycles. The molecule has 2 amide bonds. The first kappa shape index (κ1) is 22.6. The van der Waals surface area contributed by atoms with Crippen molar-refractivity contribution in [2.75, 3.05) is 7.11 Å². The van der Waals surface area contributed by atoms with Crippen molar-refractivity contribution in [1.29, 1.82) is 0 Å². The van der Waals surface area contributed by atoms with Gasteiger partial charge in [0.05, 0.1) is 13.4 Å². The third-order valence-corrected chi connectivity index (χ3v) is 5.95. The number of carbonyl (C=O) groups is 2. The summed E-state index contributed by atoms with van der Waals surface area (Å²) >= 11 is 0. The van der Waals surface area contributed by atoms with Crippen LogP contribution in [-0.4, -0.2) is 29.9 Å². The second-order valence-electron chi connectivity index (χ2n) is 8.20. The van der Waals surface area contributed by atoms with Crippen LogP contribution >= 0.6 is 0 Å². The zero-order valence-electron chi connectivity index (χ0n) is 18.5. The molecule has 1 unspecified atom stereocenters. The predicted molar refractivity (Wildman–Crippen MR) is 121 cm³/mol. The summed E-state index contributed by atoms with van der Waals surface area (Å²) in [6, 6.07) is 15.4. The maximum atomic E-state index is 13.6. The number of hydrogen-bond donors (Lipinski definition) is 1. The molecular formula is C26H27FN2O4. The van der Waals surface area contributed by atoms with Gasteiger partial charge in [0.15, 0.2) is 5.76 Å². The molecule has 3 aromatic rings. The van der Waals surface area contributed by atoms with Crippen LogP contribution in [0.5, 0.6) is 5.75 Å². The van der Waals surface area contributed by atoms with E-state index in [1.54, 1.807) is 55.6 Å². The molecule has 7 heteroatoms. The number of ether oxygens (including phenoxy) is 1. The Balaban J connectivity index is 1.73. The number of amides is 2. The number of methoxy groups -OCH3 is 1. The van der Waals surface area contributed by atoms with Gasteiger partial charge >= 0.3 is 0 Å². The normalized spacial score (nSPS) is 14.6. The lowest BCUT2D eigenvalue weighted by molar-refractivity contribution is -0.126. The molecule has 1 fully saturated rings. The molecule has 0 bridgehead atoms. The summed E-state index contributed by atoms with van der Waals surface area (Å²) in [5.74, 6) is -0.269. The van der Waals surface area contributed by atoms with Gasteiger partial charge in [-0.3, -0.25) is 9.59 Å². The fourth-order valence-corrected chi connectivity index (χ4v) is 4.22. The Bertz CT molecular complexity index is 1060. The van der Waals surface area contributed by atoms with Crippen molar-refractivity contribution in [3.63, 3.8) is 0 Å². The Morgan fingerprint density at radius 1 is 1.09 bits per heavy atom. The highest BCUT2D eigenvalue weighted by atomic mass is 19.1. The van der Waals surface area contributed by atoms with Gasteiger partial charge in [-0.25, -0.2) is 4.39 Å². The number of hydrogen-bond acceptors (Lipinski definition) is 4. The SMILES string of the molecule is COc1ccc(C(C(=O)NC2CCCC2)N(Cc2ccc(F)cc2)C(=O)c2ccco2)cc1. The highest BCUT2D eigenvalue weighted by molar-refractivity contribution is 5.96. The minimum atomic E-state index is -0.904. The Morgan fingerprint density at radius 2 is 1.79 bits per heavy atom. The van der Waals surface area contributed by atoms with E-state index in [9.17, 15) is 14.0 Å². The molecule has 1 aliphatic carbocycles. The molecule has 1 aromatic heterocycles. The summed E-state index contributed by atoms with van der Waals surface area (Å²) in [6.07, 6.45) is 5.41. The molecule has 0 aliphatic heterocycles. The number of rotatable bonds is 8. The summed E-state index contributed by atoms with van der Waals surface area (Å²) < 4.78 is 24.1. The lowest BCUT2D eigenvalue weighted by Gasteiger charge is -2.32. The van der Waals surface area contributed by atoms with Crippen molar-refractivity contribution in [1.82, 2.24) is 10.2 Å². The summed E-state index contributed by atoms with van der Waals surface area (Å²) in [6.45, 7) is 0.106. The zero-order valence-corrected chi connectivity index (χ0v) is 18.5. The highest BCUT2D eigenvalue weighted by Gasteiger charge is 2.34. The van der Waals surface area contributed by atoms with Gasteiger partial charge in [-0.15, -0.1) is 0 Å². The Kier molecular flexibility index (Phi) is 7.07. The lowest BCUT2D eigenvalue weighted by atomic mass is 10.0. The van der Waals surface area contributed by atoms with E-state index in [0.717, 1.165) is 25.7 Å². The quantitative estimate of drug-likeness (QED) is 0.532. The molecule has 172 valence electrons. The third-order valence-electron chi connectivity index (χ3n) is 5.95. The molecule has 0 saturated heterocycles. The van der Waals surface area contributed by atoms with Crippen LogP contribution in [0.4, 0.5) is 4.39 Å². The van der Waals surface area contributed by atoms with Crippen LogP contribution in [0.3, 0.4) is 0 Å². The van der Waals surface area contributed by atoms with Crippen molar-refractivity contribution < 1.29 is 23.1 Å². The Hall–Kier alpha value is -3.61. The largest absolute Gasteiger partial charge is 0.497 e. The molecule has 0 spiro atoms. The molecule has 1 atom stereocenters. The van der Waals surface area contributed by atoms with Gasteiger partial charge in [-0.05, 0) is 60.4 Å². The van der Waals surface area contributed by atoms with E-state index in [1.807, 2.05) is 0 Å². The van der Waals surface area contributed by atoms with Gasteiger partial charge in [0, 0.05) is 12.6 Å². The minimum Gasteiger partial charge on any atom is -0.497 e. The molecule has 33 heavy (non-hydrogen) atoms. The van der Waals surface area contributed by atoms with Crippen LogP contribution in [0.1, 0.15) is 53.4 Å². The Morgan fingerprint density at radius 3 is 2.39 bits per heavy atom. The number of benzene rings is 2. The smallest absolute Gasteiger partial charge is 0.290 e. The molecule has 0 radical (unpaired) electrons. The molecule has 6 nitrogen and oxygen atoms in total. The summed E-state index contributed by atoms with van der Waals surface area (Å²) in [7, 11) is 1.57. The monoisotopic (exact) mass is 450 g/mol. The second-order valence-corrected chi connectivity index (χ2v) is 8.20. The van der Waals surface area contributed by atoms with Crippen molar-refractivity contribution in [3.05, 3.63) is 89.6 Å². The second kappa shape index (κ2) is 10.3. The van der Waals surface area contributed by atoms with Crippen molar-refractivity contribution in [2.45, 2.75) is 44.3 Å². The summed E-state index contributed by atoms with van der Waals surface area (Å²) in [5, 5.41) is 3.13. The van der Waals surface area contributed by atoms with Crippen LogP contribution in [0, 0.1) is 5.82 Å². The topological polar surface area (TPSA) is 71.8 Å². The van der Waals surface area contributed by atoms with Gasteiger partial charge in [-0.2, -0.15) is 0 Å². The first-order chi connectivity index (χ1) is 16.0. The highest BCUT2D eigenvalue weighted by Crippen LogP contribution is 2.29. The van der Waals surface area contributed by atoms with E-state index in [2.05, 4.69) is 5.32 Å². The van der Waals surface area contributed by atoms with Crippen LogP contribution in [0.15, 0.2) is 71.3 Å². The standard InChI is InChI=1S/C26H27FN2O4/c1-32-22-14-10-19(11-15-22)24(25(30)28-21-5-2-3-6-21)29(26(31)23-7-4-16-33-23)17-18-8-12-20(27)13-9-18/h4,7-16,21,24H,2-3,5-6,17H2,1H3,(H,28,30). The van der Waals surface area contributed by atoms with Gasteiger partial charge in [-0.1, -0.05) is 37.1 Å². The van der Waals surface area contributed by atoms with E-state index < -0.39 is 11.9 Å². The molecule has 2 aromatic carbocycles.